The lowest BCUT2D eigenvalue weighted by atomic mass is 10.2. The molecule has 0 spiro atoms. The van der Waals surface area contributed by atoms with Gasteiger partial charge in [-0.15, -0.1) is 0 Å². The number of aryl methyl sites for hydroxylation is 1. The number of rotatable bonds is 5. The van der Waals surface area contributed by atoms with Crippen molar-refractivity contribution in [3.63, 3.8) is 0 Å². The molecule has 1 amide bonds. The van der Waals surface area contributed by atoms with E-state index in [1.807, 2.05) is 60.7 Å². The maximum absolute atomic E-state index is 12.4. The molecule has 24 heavy (non-hydrogen) atoms. The van der Waals surface area contributed by atoms with Gasteiger partial charge >= 0.3 is 0 Å². The van der Waals surface area contributed by atoms with E-state index in [0.717, 1.165) is 11.3 Å². The minimum atomic E-state index is -0.319. The first-order chi connectivity index (χ1) is 11.6. The highest BCUT2D eigenvalue weighted by molar-refractivity contribution is 6.33. The highest BCUT2D eigenvalue weighted by atomic mass is 35.5. The number of hydrogen-bond donors (Lipinski definition) is 2. The van der Waals surface area contributed by atoms with Crippen LogP contribution in [0.5, 0.6) is 0 Å². The Morgan fingerprint density at radius 3 is 2.38 bits per heavy atom. The summed E-state index contributed by atoms with van der Waals surface area (Å²) in [7, 11) is 0. The van der Waals surface area contributed by atoms with Gasteiger partial charge < -0.3 is 0 Å². The zero-order chi connectivity index (χ0) is 16.9. The number of nitrogens with one attached hydrogen (secondary N) is 2. The van der Waals surface area contributed by atoms with Crippen LogP contribution in [0.25, 0.3) is 0 Å². The summed E-state index contributed by atoms with van der Waals surface area (Å²) in [5.74, 6) is -0.319. The van der Waals surface area contributed by atoms with Crippen molar-refractivity contribution in [2.45, 2.75) is 13.5 Å². The summed E-state index contributed by atoms with van der Waals surface area (Å²) in [5, 5.41) is 4.70. The molecule has 0 bridgehead atoms. The van der Waals surface area contributed by atoms with E-state index < -0.39 is 0 Å². The first kappa shape index (κ1) is 16.1. The van der Waals surface area contributed by atoms with Crippen molar-refractivity contribution >= 4 is 23.2 Å². The minimum absolute atomic E-state index is 0.319. The standard InChI is InChI=1S/C18H17ClN4O/c1-13-16(18(24)21-20-15-10-6-3-7-11-15)17(19)23(22-13)12-14-8-4-2-5-9-14/h2-11,20H,12H2,1H3,(H,21,24). The maximum atomic E-state index is 12.4. The van der Waals surface area contributed by atoms with Crippen LogP contribution in [0.3, 0.4) is 0 Å². The molecule has 0 aliphatic rings. The SMILES string of the molecule is Cc1nn(Cc2ccccc2)c(Cl)c1C(=O)NNc1ccccc1. The molecular formula is C18H17ClN4O. The van der Waals surface area contributed by atoms with Crippen molar-refractivity contribution in [3.8, 4) is 0 Å². The molecule has 0 saturated heterocycles. The molecule has 0 radical (unpaired) electrons. The highest BCUT2D eigenvalue weighted by Crippen LogP contribution is 2.21. The van der Waals surface area contributed by atoms with E-state index in [1.54, 1.807) is 11.6 Å². The maximum Gasteiger partial charge on any atom is 0.274 e. The predicted octanol–water partition coefficient (Wildman–Crippen LogP) is 3.65. The molecule has 1 heterocycles. The second-order valence-corrected chi connectivity index (χ2v) is 5.70. The smallest absolute Gasteiger partial charge is 0.274 e. The van der Waals surface area contributed by atoms with Crippen molar-refractivity contribution in [2.24, 2.45) is 0 Å². The fourth-order valence-corrected chi connectivity index (χ4v) is 2.71. The Bertz CT molecular complexity index is 831. The van der Waals surface area contributed by atoms with Crippen LogP contribution in [0.2, 0.25) is 5.15 Å². The summed E-state index contributed by atoms with van der Waals surface area (Å²) in [6.45, 7) is 2.28. The topological polar surface area (TPSA) is 59.0 Å². The quantitative estimate of drug-likeness (QED) is 0.697. The molecular weight excluding hydrogens is 324 g/mol. The molecule has 0 aliphatic heterocycles. The summed E-state index contributed by atoms with van der Waals surface area (Å²) in [6.07, 6.45) is 0. The van der Waals surface area contributed by atoms with E-state index in [2.05, 4.69) is 16.0 Å². The molecule has 3 rings (SSSR count). The Balaban J connectivity index is 1.74. The largest absolute Gasteiger partial charge is 0.298 e. The molecule has 5 nitrogen and oxygen atoms in total. The summed E-state index contributed by atoms with van der Waals surface area (Å²) < 4.78 is 1.63. The van der Waals surface area contributed by atoms with Crippen molar-refractivity contribution in [1.29, 1.82) is 0 Å². The number of anilines is 1. The predicted molar refractivity (Wildman–Crippen MR) is 95.0 cm³/mol. The fourth-order valence-electron chi connectivity index (χ4n) is 2.39. The highest BCUT2D eigenvalue weighted by Gasteiger charge is 2.20. The van der Waals surface area contributed by atoms with Crippen molar-refractivity contribution in [3.05, 3.63) is 82.6 Å². The number of para-hydroxylation sites is 1. The van der Waals surface area contributed by atoms with E-state index in [1.165, 1.54) is 0 Å². The Morgan fingerprint density at radius 2 is 1.71 bits per heavy atom. The number of nitrogens with zero attached hydrogens (tertiary/aromatic N) is 2. The van der Waals surface area contributed by atoms with Gasteiger partial charge in [-0.2, -0.15) is 5.10 Å². The van der Waals surface area contributed by atoms with Gasteiger partial charge in [-0.3, -0.25) is 15.6 Å². The second kappa shape index (κ2) is 7.19. The molecule has 2 aromatic carbocycles. The second-order valence-electron chi connectivity index (χ2n) is 5.34. The number of amides is 1. The van der Waals surface area contributed by atoms with E-state index in [-0.39, 0.29) is 5.91 Å². The lowest BCUT2D eigenvalue weighted by molar-refractivity contribution is 0.0962. The fraction of sp³-hybridized carbons (Fsp3) is 0.111. The summed E-state index contributed by atoms with van der Waals surface area (Å²) in [6, 6.07) is 19.2. The average molecular weight is 341 g/mol. The van der Waals surface area contributed by atoms with Crippen LogP contribution in [0.15, 0.2) is 60.7 Å². The van der Waals surface area contributed by atoms with Crippen LogP contribution in [0.4, 0.5) is 5.69 Å². The molecule has 6 heteroatoms. The number of halogens is 1. The lowest BCUT2D eigenvalue weighted by Gasteiger charge is -2.08. The van der Waals surface area contributed by atoms with Crippen LogP contribution in [0.1, 0.15) is 21.6 Å². The van der Waals surface area contributed by atoms with E-state index >= 15 is 0 Å². The van der Waals surface area contributed by atoms with Crippen LogP contribution in [-0.4, -0.2) is 15.7 Å². The lowest BCUT2D eigenvalue weighted by Crippen LogP contribution is -2.29. The number of benzene rings is 2. The van der Waals surface area contributed by atoms with Gasteiger partial charge in [0.05, 0.1) is 17.9 Å². The van der Waals surface area contributed by atoms with Crippen molar-refractivity contribution in [1.82, 2.24) is 15.2 Å². The first-order valence-corrected chi connectivity index (χ1v) is 7.91. The molecule has 3 aromatic rings. The third-order valence-corrected chi connectivity index (χ3v) is 3.95. The van der Waals surface area contributed by atoms with Crippen molar-refractivity contribution < 1.29 is 4.79 Å². The molecule has 0 fully saturated rings. The zero-order valence-electron chi connectivity index (χ0n) is 13.2. The molecule has 0 aliphatic carbocycles. The summed E-state index contributed by atoms with van der Waals surface area (Å²) >= 11 is 6.37. The van der Waals surface area contributed by atoms with Crippen molar-refractivity contribution in [2.75, 3.05) is 5.43 Å². The first-order valence-electron chi connectivity index (χ1n) is 7.53. The van der Waals surface area contributed by atoms with E-state index in [9.17, 15) is 4.79 Å². The molecule has 1 aromatic heterocycles. The van der Waals surface area contributed by atoms with Gasteiger partial charge in [0.1, 0.15) is 10.7 Å². The molecule has 0 saturated carbocycles. The monoisotopic (exact) mass is 340 g/mol. The van der Waals surface area contributed by atoms with Gasteiger partial charge in [-0.05, 0) is 24.6 Å². The third kappa shape index (κ3) is 3.58. The van der Waals surface area contributed by atoms with E-state index in [0.29, 0.717) is 23.0 Å². The number of carbonyl (C=O) groups excluding carboxylic acids is 1. The van der Waals surface area contributed by atoms with Crippen LogP contribution in [-0.2, 0) is 6.54 Å². The number of aromatic nitrogens is 2. The Kier molecular flexibility index (Phi) is 4.82. The Labute approximate surface area is 145 Å². The number of hydrazine groups is 1. The number of hydrogen-bond acceptors (Lipinski definition) is 3. The van der Waals surface area contributed by atoms with Gasteiger partial charge in [-0.25, -0.2) is 4.68 Å². The molecule has 0 atom stereocenters. The number of carbonyl (C=O) groups is 1. The average Bonchev–Trinajstić information content (AvgIpc) is 2.88. The van der Waals surface area contributed by atoms with E-state index in [4.69, 9.17) is 11.6 Å². The van der Waals surface area contributed by atoms with Crippen LogP contribution >= 0.6 is 11.6 Å². The van der Waals surface area contributed by atoms with Gasteiger partial charge in [-0.1, -0.05) is 60.1 Å². The Morgan fingerprint density at radius 1 is 1.08 bits per heavy atom. The van der Waals surface area contributed by atoms with Crippen LogP contribution in [0, 0.1) is 6.92 Å². The van der Waals surface area contributed by atoms with Gasteiger partial charge in [0.25, 0.3) is 5.91 Å². The van der Waals surface area contributed by atoms with Gasteiger partial charge in [0, 0.05) is 0 Å². The Hall–Kier alpha value is -2.79. The molecule has 122 valence electrons. The van der Waals surface area contributed by atoms with Gasteiger partial charge in [0.2, 0.25) is 0 Å². The molecule has 0 unspecified atom stereocenters. The minimum Gasteiger partial charge on any atom is -0.298 e. The molecule has 2 N–H and O–H groups in total. The van der Waals surface area contributed by atoms with Crippen LogP contribution < -0.4 is 10.9 Å². The normalized spacial score (nSPS) is 10.4. The van der Waals surface area contributed by atoms with Gasteiger partial charge in [0.15, 0.2) is 0 Å². The zero-order valence-corrected chi connectivity index (χ0v) is 13.9. The third-order valence-electron chi connectivity index (χ3n) is 3.56. The summed E-state index contributed by atoms with van der Waals surface area (Å²) in [4.78, 5) is 12.4. The summed E-state index contributed by atoms with van der Waals surface area (Å²) in [5.41, 5.74) is 8.32.